The molecule has 0 saturated carbocycles. The van der Waals surface area contributed by atoms with Gasteiger partial charge in [-0.05, 0) is 31.2 Å². The van der Waals surface area contributed by atoms with E-state index in [4.69, 9.17) is 9.15 Å². The summed E-state index contributed by atoms with van der Waals surface area (Å²) >= 11 is 3.10. The zero-order valence-electron chi connectivity index (χ0n) is 8.11. The fraction of sp³-hybridized carbons (Fsp3) is 0.200. The molecule has 5 heteroatoms. The van der Waals surface area contributed by atoms with Gasteiger partial charge in [-0.25, -0.2) is 0 Å². The van der Waals surface area contributed by atoms with E-state index in [-0.39, 0.29) is 0 Å². The lowest BCUT2D eigenvalue weighted by Gasteiger charge is -2.02. The molecule has 1 aromatic heterocycles. The first kappa shape index (κ1) is 10.2. The van der Waals surface area contributed by atoms with Crippen LogP contribution in [-0.4, -0.2) is 16.8 Å². The van der Waals surface area contributed by atoms with E-state index in [1.807, 2.05) is 31.2 Å². The van der Waals surface area contributed by atoms with Gasteiger partial charge >= 0.3 is 0 Å². The van der Waals surface area contributed by atoms with Crippen molar-refractivity contribution in [1.82, 2.24) is 10.2 Å². The van der Waals surface area contributed by atoms with Crippen LogP contribution < -0.4 is 4.74 Å². The molecule has 0 atom stereocenters. The number of ether oxygens (including phenoxy) is 1. The van der Waals surface area contributed by atoms with Crippen molar-refractivity contribution in [1.29, 1.82) is 0 Å². The second-order valence-corrected chi connectivity index (χ2v) is 3.50. The molecule has 0 amide bonds. The van der Waals surface area contributed by atoms with Crippen molar-refractivity contribution in [3.63, 3.8) is 0 Å². The van der Waals surface area contributed by atoms with Crippen LogP contribution in [0.4, 0.5) is 0 Å². The lowest BCUT2D eigenvalue weighted by molar-refractivity contribution is 0.340. The van der Waals surface area contributed by atoms with Crippen molar-refractivity contribution < 1.29 is 9.15 Å². The van der Waals surface area contributed by atoms with Crippen LogP contribution in [0.5, 0.6) is 5.75 Å². The first-order valence-corrected chi connectivity index (χ1v) is 5.31. The first-order valence-electron chi connectivity index (χ1n) is 4.52. The van der Waals surface area contributed by atoms with Gasteiger partial charge in [-0.15, -0.1) is 10.2 Å². The van der Waals surface area contributed by atoms with Gasteiger partial charge in [0.2, 0.25) is 5.89 Å². The van der Waals surface area contributed by atoms with E-state index in [0.29, 0.717) is 17.3 Å². The molecule has 1 heterocycles. The van der Waals surface area contributed by atoms with Crippen LogP contribution in [0.2, 0.25) is 0 Å². The zero-order valence-corrected chi connectivity index (χ0v) is 9.69. The quantitative estimate of drug-likeness (QED) is 0.859. The Balaban J connectivity index is 2.23. The molecule has 0 aliphatic rings. The second-order valence-electron chi connectivity index (χ2n) is 2.82. The van der Waals surface area contributed by atoms with Crippen LogP contribution >= 0.6 is 15.9 Å². The Kier molecular flexibility index (Phi) is 3.01. The lowest BCUT2D eigenvalue weighted by atomic mass is 10.2. The largest absolute Gasteiger partial charge is 0.494 e. The predicted molar refractivity (Wildman–Crippen MR) is 58.6 cm³/mol. The molecule has 2 aromatic rings. The minimum atomic E-state index is 0.381. The van der Waals surface area contributed by atoms with Gasteiger partial charge < -0.3 is 9.15 Å². The van der Waals surface area contributed by atoms with E-state index in [9.17, 15) is 0 Å². The summed E-state index contributed by atoms with van der Waals surface area (Å²) in [6, 6.07) is 7.50. The standard InChI is InChI=1S/C10H9BrN2O2/c1-2-14-8-5-3-7(4-6-8)9-12-13-10(11)15-9/h3-6H,2H2,1H3. The van der Waals surface area contributed by atoms with Crippen molar-refractivity contribution in [2.24, 2.45) is 0 Å². The van der Waals surface area contributed by atoms with E-state index in [1.54, 1.807) is 0 Å². The molecule has 0 saturated heterocycles. The van der Waals surface area contributed by atoms with E-state index in [1.165, 1.54) is 0 Å². The van der Waals surface area contributed by atoms with Gasteiger partial charge in [0, 0.05) is 21.5 Å². The molecule has 0 radical (unpaired) electrons. The molecule has 4 nitrogen and oxygen atoms in total. The van der Waals surface area contributed by atoms with E-state index < -0.39 is 0 Å². The summed E-state index contributed by atoms with van der Waals surface area (Å²) in [6.45, 7) is 2.61. The Morgan fingerprint density at radius 3 is 2.53 bits per heavy atom. The molecule has 0 fully saturated rings. The molecule has 1 aromatic carbocycles. The Hall–Kier alpha value is -1.36. The summed E-state index contributed by atoms with van der Waals surface area (Å²) in [5.41, 5.74) is 0.872. The molecule has 0 N–H and O–H groups in total. The molecule has 0 unspecified atom stereocenters. The summed E-state index contributed by atoms with van der Waals surface area (Å²) in [4.78, 5) is 0.381. The highest BCUT2D eigenvalue weighted by atomic mass is 79.9. The van der Waals surface area contributed by atoms with Gasteiger partial charge in [0.1, 0.15) is 5.75 Å². The Morgan fingerprint density at radius 2 is 2.00 bits per heavy atom. The van der Waals surface area contributed by atoms with E-state index in [0.717, 1.165) is 11.3 Å². The van der Waals surface area contributed by atoms with Gasteiger partial charge in [-0.3, -0.25) is 0 Å². The maximum absolute atomic E-state index is 5.33. The maximum atomic E-state index is 5.33. The summed E-state index contributed by atoms with van der Waals surface area (Å²) in [6.07, 6.45) is 0. The summed E-state index contributed by atoms with van der Waals surface area (Å²) in [5, 5.41) is 7.58. The number of nitrogens with zero attached hydrogens (tertiary/aromatic N) is 2. The van der Waals surface area contributed by atoms with Crippen molar-refractivity contribution in [2.45, 2.75) is 6.92 Å². The maximum Gasteiger partial charge on any atom is 0.285 e. The van der Waals surface area contributed by atoms with Crippen LogP contribution in [0.3, 0.4) is 0 Å². The highest BCUT2D eigenvalue weighted by molar-refractivity contribution is 9.10. The Bertz CT molecular complexity index is 439. The first-order chi connectivity index (χ1) is 7.29. The van der Waals surface area contributed by atoms with Gasteiger partial charge in [-0.1, -0.05) is 0 Å². The number of aromatic nitrogens is 2. The Morgan fingerprint density at radius 1 is 1.27 bits per heavy atom. The van der Waals surface area contributed by atoms with Crippen molar-refractivity contribution in [2.75, 3.05) is 6.61 Å². The Labute approximate surface area is 95.4 Å². The molecule has 0 aliphatic carbocycles. The summed E-state index contributed by atoms with van der Waals surface area (Å²) in [5.74, 6) is 1.32. The highest BCUT2D eigenvalue weighted by Gasteiger charge is 2.05. The van der Waals surface area contributed by atoms with E-state index in [2.05, 4.69) is 26.1 Å². The topological polar surface area (TPSA) is 48.2 Å². The molecular formula is C10H9BrN2O2. The summed E-state index contributed by atoms with van der Waals surface area (Å²) in [7, 11) is 0. The van der Waals surface area contributed by atoms with Crippen LogP contribution in [0.1, 0.15) is 6.92 Å². The lowest BCUT2D eigenvalue weighted by Crippen LogP contribution is -1.90. The minimum absolute atomic E-state index is 0.381. The normalized spacial score (nSPS) is 10.3. The molecule has 15 heavy (non-hydrogen) atoms. The predicted octanol–water partition coefficient (Wildman–Crippen LogP) is 2.90. The van der Waals surface area contributed by atoms with Crippen LogP contribution in [0, 0.1) is 0 Å². The molecule has 78 valence electrons. The fourth-order valence-electron chi connectivity index (χ4n) is 1.18. The third-order valence-electron chi connectivity index (χ3n) is 1.81. The summed E-state index contributed by atoms with van der Waals surface area (Å²) < 4.78 is 10.5. The van der Waals surface area contributed by atoms with E-state index >= 15 is 0 Å². The van der Waals surface area contributed by atoms with Crippen LogP contribution in [0.25, 0.3) is 11.5 Å². The zero-order chi connectivity index (χ0) is 10.7. The molecule has 2 rings (SSSR count). The fourth-order valence-corrected chi connectivity index (χ4v) is 1.42. The van der Waals surface area contributed by atoms with Crippen molar-refractivity contribution >= 4 is 15.9 Å². The molecule has 0 aliphatic heterocycles. The molecule has 0 spiro atoms. The monoisotopic (exact) mass is 268 g/mol. The third kappa shape index (κ3) is 2.36. The van der Waals surface area contributed by atoms with Crippen molar-refractivity contribution in [3.05, 3.63) is 29.1 Å². The number of hydrogen-bond donors (Lipinski definition) is 0. The molecular weight excluding hydrogens is 260 g/mol. The van der Waals surface area contributed by atoms with Gasteiger partial charge in [-0.2, -0.15) is 0 Å². The van der Waals surface area contributed by atoms with Gasteiger partial charge in [0.15, 0.2) is 0 Å². The highest BCUT2D eigenvalue weighted by Crippen LogP contribution is 2.22. The number of halogens is 1. The number of hydrogen-bond acceptors (Lipinski definition) is 4. The van der Waals surface area contributed by atoms with Crippen LogP contribution in [0.15, 0.2) is 33.5 Å². The SMILES string of the molecule is CCOc1ccc(-c2nnc(Br)o2)cc1. The van der Waals surface area contributed by atoms with Gasteiger partial charge in [0.25, 0.3) is 4.80 Å². The second kappa shape index (κ2) is 4.44. The van der Waals surface area contributed by atoms with Crippen molar-refractivity contribution in [3.8, 4) is 17.2 Å². The minimum Gasteiger partial charge on any atom is -0.494 e. The third-order valence-corrected chi connectivity index (χ3v) is 2.13. The van der Waals surface area contributed by atoms with Crippen LogP contribution in [-0.2, 0) is 0 Å². The smallest absolute Gasteiger partial charge is 0.285 e. The van der Waals surface area contributed by atoms with Gasteiger partial charge in [0.05, 0.1) is 6.61 Å². The average molecular weight is 269 g/mol. The number of benzene rings is 1. The average Bonchev–Trinajstić information content (AvgIpc) is 2.67. The molecule has 0 bridgehead atoms. The number of rotatable bonds is 3.